The molecule has 7 heteroatoms. The Bertz CT molecular complexity index is 541. The maximum absolute atomic E-state index is 12.9. The van der Waals surface area contributed by atoms with Crippen LogP contribution in [0.25, 0.3) is 0 Å². The molecule has 6 nitrogen and oxygen atoms in total. The molecule has 1 fully saturated rings. The molecule has 0 saturated carbocycles. The molecule has 0 aromatic heterocycles. The van der Waals surface area contributed by atoms with Gasteiger partial charge in [-0.05, 0) is 32.3 Å². The van der Waals surface area contributed by atoms with Crippen molar-refractivity contribution >= 4 is 13.7 Å². The number of hydrogen-bond donors (Lipinski definition) is 0. The maximum atomic E-state index is 12.9. The van der Waals surface area contributed by atoms with Gasteiger partial charge in [0.1, 0.15) is 12.4 Å². The van der Waals surface area contributed by atoms with Crippen LogP contribution in [-0.4, -0.2) is 36.5 Å². The quantitative estimate of drug-likeness (QED) is 0.701. The Morgan fingerprint density at radius 3 is 2.48 bits per heavy atom. The monoisotopic (exact) mass is 341 g/mol. The molecule has 1 aliphatic heterocycles. The molecule has 1 aromatic rings. The molecule has 0 bridgehead atoms. The minimum Gasteiger partial charge on any atom is -0.445 e. The average Bonchev–Trinajstić information content (AvgIpc) is 3.04. The van der Waals surface area contributed by atoms with Gasteiger partial charge in [-0.3, -0.25) is 9.46 Å². The molecule has 1 aliphatic rings. The Hall–Kier alpha value is -1.36. The van der Waals surface area contributed by atoms with Gasteiger partial charge in [0.15, 0.2) is 0 Å². The molecule has 0 N–H and O–H groups in total. The van der Waals surface area contributed by atoms with Gasteiger partial charge in [0.25, 0.3) is 0 Å². The molecular weight excluding hydrogens is 317 g/mol. The summed E-state index contributed by atoms with van der Waals surface area (Å²) in [4.78, 5) is 13.8. The summed E-state index contributed by atoms with van der Waals surface area (Å²) in [5.41, 5.74) is 0.911. The van der Waals surface area contributed by atoms with Crippen LogP contribution in [0.4, 0.5) is 4.79 Å². The van der Waals surface area contributed by atoms with Crippen LogP contribution in [0, 0.1) is 0 Å². The number of carbonyl (C=O) groups excluding carboxylic acids is 1. The van der Waals surface area contributed by atoms with Gasteiger partial charge in [0, 0.05) is 6.54 Å². The summed E-state index contributed by atoms with van der Waals surface area (Å²) in [6.07, 6.45) is 0.878. The van der Waals surface area contributed by atoms with Crippen molar-refractivity contribution in [3.8, 4) is 0 Å². The highest BCUT2D eigenvalue weighted by Gasteiger charge is 2.45. The van der Waals surface area contributed by atoms with Crippen molar-refractivity contribution in [3.63, 3.8) is 0 Å². The van der Waals surface area contributed by atoms with Crippen molar-refractivity contribution in [2.45, 2.75) is 39.1 Å². The number of amides is 1. The predicted octanol–water partition coefficient (Wildman–Crippen LogP) is 4.01. The Balaban J connectivity index is 2.02. The molecule has 1 amide bonds. The van der Waals surface area contributed by atoms with Gasteiger partial charge in [0.2, 0.25) is 0 Å². The third-order valence-electron chi connectivity index (χ3n) is 3.64. The largest absolute Gasteiger partial charge is 0.445 e. The summed E-state index contributed by atoms with van der Waals surface area (Å²) < 4.78 is 29.0. The van der Waals surface area contributed by atoms with Crippen LogP contribution < -0.4 is 0 Å². The molecule has 23 heavy (non-hydrogen) atoms. The van der Waals surface area contributed by atoms with E-state index >= 15 is 0 Å². The number of hydrogen-bond acceptors (Lipinski definition) is 5. The lowest BCUT2D eigenvalue weighted by Gasteiger charge is -2.29. The molecule has 2 rings (SSSR count). The van der Waals surface area contributed by atoms with Crippen molar-refractivity contribution in [2.75, 3.05) is 19.8 Å². The van der Waals surface area contributed by atoms with Crippen LogP contribution in [0.2, 0.25) is 0 Å². The highest BCUT2D eigenvalue weighted by Crippen LogP contribution is 2.57. The molecular formula is C16H24NO5P. The summed E-state index contributed by atoms with van der Waals surface area (Å²) >= 11 is 0. The van der Waals surface area contributed by atoms with Gasteiger partial charge >= 0.3 is 13.7 Å². The summed E-state index contributed by atoms with van der Waals surface area (Å²) in [5.74, 6) is -0.564. The zero-order valence-corrected chi connectivity index (χ0v) is 14.5. The van der Waals surface area contributed by atoms with E-state index in [0.29, 0.717) is 13.0 Å². The average molecular weight is 341 g/mol. The Labute approximate surface area is 137 Å². The van der Waals surface area contributed by atoms with E-state index in [4.69, 9.17) is 13.8 Å². The molecule has 1 saturated heterocycles. The van der Waals surface area contributed by atoms with Gasteiger partial charge < -0.3 is 13.8 Å². The van der Waals surface area contributed by atoms with Crippen molar-refractivity contribution in [1.82, 2.24) is 4.90 Å². The van der Waals surface area contributed by atoms with E-state index in [-0.39, 0.29) is 19.8 Å². The summed E-state index contributed by atoms with van der Waals surface area (Å²) in [6.45, 7) is 4.78. The lowest BCUT2D eigenvalue weighted by molar-refractivity contribution is 0.0935. The number of ether oxygens (including phenoxy) is 1. The fraction of sp³-hybridized carbons (Fsp3) is 0.562. The first-order valence-electron chi connectivity index (χ1n) is 7.96. The molecule has 0 aliphatic carbocycles. The number of carbonyl (C=O) groups is 1. The number of rotatable bonds is 7. The zero-order valence-electron chi connectivity index (χ0n) is 13.6. The first kappa shape index (κ1) is 18.0. The van der Waals surface area contributed by atoms with Crippen molar-refractivity contribution < 1.29 is 23.1 Å². The van der Waals surface area contributed by atoms with Crippen LogP contribution in [-0.2, 0) is 25.0 Å². The van der Waals surface area contributed by atoms with Crippen LogP contribution in [0.5, 0.6) is 0 Å². The van der Waals surface area contributed by atoms with Gasteiger partial charge in [-0.25, -0.2) is 4.79 Å². The summed E-state index contributed by atoms with van der Waals surface area (Å²) in [7, 11) is -3.35. The second-order valence-corrected chi connectivity index (χ2v) is 7.42. The molecule has 1 heterocycles. The van der Waals surface area contributed by atoms with Gasteiger partial charge in [-0.15, -0.1) is 0 Å². The lowest BCUT2D eigenvalue weighted by Crippen LogP contribution is -2.36. The van der Waals surface area contributed by atoms with Gasteiger partial charge in [-0.2, -0.15) is 0 Å². The van der Waals surface area contributed by atoms with Crippen molar-refractivity contribution in [3.05, 3.63) is 35.9 Å². The van der Waals surface area contributed by atoms with E-state index in [9.17, 15) is 9.36 Å². The molecule has 0 spiro atoms. The Morgan fingerprint density at radius 1 is 1.22 bits per heavy atom. The van der Waals surface area contributed by atoms with Crippen LogP contribution in [0.15, 0.2) is 30.3 Å². The van der Waals surface area contributed by atoms with Crippen molar-refractivity contribution in [2.24, 2.45) is 0 Å². The van der Waals surface area contributed by atoms with Crippen LogP contribution in [0.3, 0.4) is 0 Å². The first-order chi connectivity index (χ1) is 11.1. The van der Waals surface area contributed by atoms with Crippen LogP contribution >= 0.6 is 7.60 Å². The molecule has 1 aromatic carbocycles. The standard InChI is InChI=1S/C16H24NO5P/c1-3-21-23(19,22-4-2)15-11-8-12-17(15)16(18)20-13-14-9-6-5-7-10-14/h5-7,9-10,15H,3-4,8,11-13H2,1-2H3. The molecule has 0 radical (unpaired) electrons. The highest BCUT2D eigenvalue weighted by molar-refractivity contribution is 7.54. The molecule has 1 atom stereocenters. The van der Waals surface area contributed by atoms with E-state index in [1.165, 1.54) is 4.90 Å². The highest BCUT2D eigenvalue weighted by atomic mass is 31.2. The third-order valence-corrected chi connectivity index (χ3v) is 6.15. The van der Waals surface area contributed by atoms with Gasteiger partial charge in [-0.1, -0.05) is 30.3 Å². The van der Waals surface area contributed by atoms with E-state index in [1.807, 2.05) is 30.3 Å². The van der Waals surface area contributed by atoms with E-state index in [1.54, 1.807) is 13.8 Å². The topological polar surface area (TPSA) is 65.1 Å². The fourth-order valence-electron chi connectivity index (χ4n) is 2.66. The summed E-state index contributed by atoms with van der Waals surface area (Å²) in [5, 5.41) is 0. The Kier molecular flexibility index (Phi) is 6.63. The third kappa shape index (κ3) is 4.56. The molecule has 1 unspecified atom stereocenters. The lowest BCUT2D eigenvalue weighted by atomic mass is 10.2. The molecule has 128 valence electrons. The van der Waals surface area contributed by atoms with E-state index in [2.05, 4.69) is 0 Å². The number of nitrogens with zero attached hydrogens (tertiary/aromatic N) is 1. The maximum Gasteiger partial charge on any atom is 0.410 e. The fourth-order valence-corrected chi connectivity index (χ4v) is 4.85. The number of likely N-dealkylation sites (tertiary alicyclic amines) is 1. The van der Waals surface area contributed by atoms with E-state index in [0.717, 1.165) is 12.0 Å². The first-order valence-corrected chi connectivity index (χ1v) is 9.58. The minimum absolute atomic E-state index is 0.191. The second-order valence-electron chi connectivity index (χ2n) is 5.23. The minimum atomic E-state index is -3.35. The van der Waals surface area contributed by atoms with Crippen LogP contribution in [0.1, 0.15) is 32.3 Å². The summed E-state index contributed by atoms with van der Waals surface area (Å²) in [6, 6.07) is 9.46. The van der Waals surface area contributed by atoms with E-state index < -0.39 is 19.5 Å². The number of benzene rings is 1. The SMILES string of the molecule is CCOP(=O)(OCC)C1CCCN1C(=O)OCc1ccccc1. The smallest absolute Gasteiger partial charge is 0.410 e. The Morgan fingerprint density at radius 2 is 1.87 bits per heavy atom. The second kappa shape index (κ2) is 8.48. The predicted molar refractivity (Wildman–Crippen MR) is 87.2 cm³/mol. The van der Waals surface area contributed by atoms with Crippen molar-refractivity contribution in [1.29, 1.82) is 0 Å². The van der Waals surface area contributed by atoms with Gasteiger partial charge in [0.05, 0.1) is 13.2 Å². The zero-order chi connectivity index (χ0) is 16.7. The normalized spacial score (nSPS) is 18.2.